The molecule has 0 fully saturated rings. The zero-order valence-corrected chi connectivity index (χ0v) is 16.8. The molecule has 0 spiro atoms. The molecule has 0 radical (unpaired) electrons. The van der Waals surface area contributed by atoms with E-state index in [0.717, 1.165) is 5.56 Å². The molecule has 0 aliphatic carbocycles. The number of rotatable bonds is 6. The largest absolute Gasteiger partial charge is 0.483 e. The van der Waals surface area contributed by atoms with Gasteiger partial charge in [-0.1, -0.05) is 36.4 Å². The van der Waals surface area contributed by atoms with Crippen LogP contribution in [0.3, 0.4) is 0 Å². The van der Waals surface area contributed by atoms with E-state index in [2.05, 4.69) is 27.3 Å². The Balaban J connectivity index is 1.68. The summed E-state index contributed by atoms with van der Waals surface area (Å²) in [5.41, 5.74) is 2.27. The third kappa shape index (κ3) is 5.77. The average molecular weight is 451 g/mol. The van der Waals surface area contributed by atoms with E-state index < -0.39 is 5.82 Å². The molecule has 29 heavy (non-hydrogen) atoms. The number of carbonyl (C=O) groups is 1. The number of halogens is 2. The number of nitrogens with zero attached hydrogens (tertiary/aromatic N) is 1. The molecule has 0 atom stereocenters. The van der Waals surface area contributed by atoms with Gasteiger partial charge in [-0.25, -0.2) is 4.39 Å². The van der Waals surface area contributed by atoms with Gasteiger partial charge < -0.3 is 10.1 Å². The van der Waals surface area contributed by atoms with E-state index in [4.69, 9.17) is 4.74 Å². The molecule has 4 nitrogen and oxygen atoms in total. The lowest BCUT2D eigenvalue weighted by Gasteiger charge is -2.10. The van der Waals surface area contributed by atoms with Gasteiger partial charge in [0.05, 0.1) is 16.1 Å². The maximum atomic E-state index is 13.4. The second kappa shape index (κ2) is 9.67. The summed E-state index contributed by atoms with van der Waals surface area (Å²) in [5.74, 6) is -0.179. The molecule has 0 unspecified atom stereocenters. The fourth-order valence-electron chi connectivity index (χ4n) is 2.59. The van der Waals surface area contributed by atoms with Gasteiger partial charge >= 0.3 is 0 Å². The third-order valence-electron chi connectivity index (χ3n) is 3.94. The number of amides is 1. The molecule has 1 N–H and O–H groups in total. The SMILES string of the molecule is N#C/C(=C\c1ccc(OCC(=O)Nc2ccccc2)c(Br)c1)c1cccc(F)c1. The van der Waals surface area contributed by atoms with Crippen LogP contribution in [0.1, 0.15) is 11.1 Å². The van der Waals surface area contributed by atoms with Crippen LogP contribution < -0.4 is 10.1 Å². The average Bonchev–Trinajstić information content (AvgIpc) is 2.72. The van der Waals surface area contributed by atoms with Crippen molar-refractivity contribution in [1.82, 2.24) is 0 Å². The summed E-state index contributed by atoms with van der Waals surface area (Å²) in [4.78, 5) is 12.0. The van der Waals surface area contributed by atoms with E-state index in [-0.39, 0.29) is 12.5 Å². The van der Waals surface area contributed by atoms with Crippen molar-refractivity contribution in [2.24, 2.45) is 0 Å². The van der Waals surface area contributed by atoms with Crippen molar-refractivity contribution in [2.45, 2.75) is 0 Å². The number of ether oxygens (including phenoxy) is 1. The van der Waals surface area contributed by atoms with Gasteiger partial charge in [0.2, 0.25) is 0 Å². The van der Waals surface area contributed by atoms with E-state index in [9.17, 15) is 14.4 Å². The van der Waals surface area contributed by atoms with Gasteiger partial charge in [0, 0.05) is 5.69 Å². The Bertz CT molecular complexity index is 1090. The quantitative estimate of drug-likeness (QED) is 0.388. The Morgan fingerprint density at radius 1 is 1.10 bits per heavy atom. The number of nitriles is 1. The van der Waals surface area contributed by atoms with Gasteiger partial charge in [0.1, 0.15) is 11.6 Å². The first-order valence-electron chi connectivity index (χ1n) is 8.70. The van der Waals surface area contributed by atoms with Crippen LogP contribution in [0.25, 0.3) is 11.6 Å². The minimum Gasteiger partial charge on any atom is -0.483 e. The van der Waals surface area contributed by atoms with Gasteiger partial charge in [-0.05, 0) is 69.5 Å². The predicted molar refractivity (Wildman–Crippen MR) is 115 cm³/mol. The number of nitrogens with one attached hydrogen (secondary N) is 1. The molecule has 3 aromatic carbocycles. The Morgan fingerprint density at radius 3 is 2.59 bits per heavy atom. The van der Waals surface area contributed by atoms with Crippen LogP contribution in [-0.4, -0.2) is 12.5 Å². The number of carbonyl (C=O) groups excluding carboxylic acids is 1. The molecular weight excluding hydrogens is 435 g/mol. The normalized spacial score (nSPS) is 10.9. The lowest BCUT2D eigenvalue weighted by molar-refractivity contribution is -0.118. The highest BCUT2D eigenvalue weighted by molar-refractivity contribution is 9.10. The zero-order valence-electron chi connectivity index (χ0n) is 15.2. The Kier molecular flexibility index (Phi) is 6.77. The minimum absolute atomic E-state index is 0.143. The summed E-state index contributed by atoms with van der Waals surface area (Å²) >= 11 is 3.41. The summed E-state index contributed by atoms with van der Waals surface area (Å²) < 4.78 is 19.6. The number of allylic oxidation sites excluding steroid dienone is 1. The summed E-state index contributed by atoms with van der Waals surface area (Å²) in [5, 5.41) is 12.1. The maximum Gasteiger partial charge on any atom is 0.262 e. The van der Waals surface area contributed by atoms with Crippen LogP contribution in [0.15, 0.2) is 77.3 Å². The highest BCUT2D eigenvalue weighted by atomic mass is 79.9. The first-order chi connectivity index (χ1) is 14.0. The van der Waals surface area contributed by atoms with E-state index in [1.54, 1.807) is 48.5 Å². The van der Waals surface area contributed by atoms with Crippen molar-refractivity contribution in [3.63, 3.8) is 0 Å². The number of hydrogen-bond donors (Lipinski definition) is 1. The highest BCUT2D eigenvalue weighted by Gasteiger charge is 2.08. The molecule has 0 bridgehead atoms. The molecule has 0 aromatic heterocycles. The lowest BCUT2D eigenvalue weighted by atomic mass is 10.0. The van der Waals surface area contributed by atoms with Crippen LogP contribution in [0.5, 0.6) is 5.75 Å². The summed E-state index contributed by atoms with van der Waals surface area (Å²) in [6.45, 7) is -0.143. The first-order valence-corrected chi connectivity index (χ1v) is 9.49. The van der Waals surface area contributed by atoms with Gasteiger partial charge in [0.25, 0.3) is 5.91 Å². The number of para-hydroxylation sites is 1. The molecule has 6 heteroatoms. The molecule has 0 aliphatic rings. The summed E-state index contributed by atoms with van der Waals surface area (Å²) in [6, 6.07) is 22.3. The van der Waals surface area contributed by atoms with Crippen LogP contribution in [0.4, 0.5) is 10.1 Å². The van der Waals surface area contributed by atoms with E-state index >= 15 is 0 Å². The first kappa shape index (κ1) is 20.3. The number of benzene rings is 3. The molecule has 0 saturated carbocycles. The molecule has 0 saturated heterocycles. The molecule has 144 valence electrons. The predicted octanol–water partition coefficient (Wildman–Crippen LogP) is 5.67. The fraction of sp³-hybridized carbons (Fsp3) is 0.0435. The standard InChI is InChI=1S/C23H16BrFN2O2/c24-21-12-16(11-18(14-26)17-5-4-6-19(25)13-17)9-10-22(21)29-15-23(28)27-20-7-2-1-3-8-20/h1-13H,15H2,(H,27,28)/b18-11+. The topological polar surface area (TPSA) is 62.1 Å². The molecule has 3 aromatic rings. The van der Waals surface area contributed by atoms with Crippen molar-refractivity contribution in [3.05, 3.63) is 94.2 Å². The lowest BCUT2D eigenvalue weighted by Crippen LogP contribution is -2.20. The van der Waals surface area contributed by atoms with Crippen LogP contribution in [0.2, 0.25) is 0 Å². The molecule has 0 heterocycles. The second-order valence-corrected chi connectivity index (χ2v) is 6.93. The molecule has 3 rings (SSSR count). The van der Waals surface area contributed by atoms with Gasteiger partial charge in [-0.15, -0.1) is 0 Å². The van der Waals surface area contributed by atoms with E-state index in [1.165, 1.54) is 12.1 Å². The Morgan fingerprint density at radius 2 is 1.90 bits per heavy atom. The number of anilines is 1. The maximum absolute atomic E-state index is 13.4. The van der Waals surface area contributed by atoms with E-state index in [1.807, 2.05) is 18.2 Å². The molecular formula is C23H16BrFN2O2. The van der Waals surface area contributed by atoms with Crippen molar-refractivity contribution in [1.29, 1.82) is 5.26 Å². The van der Waals surface area contributed by atoms with Gasteiger partial charge in [0.15, 0.2) is 6.61 Å². The third-order valence-corrected chi connectivity index (χ3v) is 4.56. The monoisotopic (exact) mass is 450 g/mol. The van der Waals surface area contributed by atoms with Crippen molar-refractivity contribution >= 4 is 39.2 Å². The summed E-state index contributed by atoms with van der Waals surface area (Å²) in [7, 11) is 0. The van der Waals surface area contributed by atoms with Gasteiger partial charge in [-0.2, -0.15) is 5.26 Å². The van der Waals surface area contributed by atoms with Crippen molar-refractivity contribution in [2.75, 3.05) is 11.9 Å². The molecule has 0 aliphatic heterocycles. The smallest absolute Gasteiger partial charge is 0.262 e. The minimum atomic E-state index is -0.401. The second-order valence-electron chi connectivity index (χ2n) is 6.07. The van der Waals surface area contributed by atoms with Crippen LogP contribution in [0, 0.1) is 17.1 Å². The fourth-order valence-corrected chi connectivity index (χ4v) is 3.10. The Hall–Kier alpha value is -3.43. The zero-order chi connectivity index (χ0) is 20.6. The van der Waals surface area contributed by atoms with Crippen molar-refractivity contribution in [3.8, 4) is 11.8 Å². The van der Waals surface area contributed by atoms with E-state index in [0.29, 0.717) is 27.0 Å². The Labute approximate surface area is 176 Å². The highest BCUT2D eigenvalue weighted by Crippen LogP contribution is 2.28. The van der Waals surface area contributed by atoms with Gasteiger partial charge in [-0.3, -0.25) is 4.79 Å². The van der Waals surface area contributed by atoms with Crippen LogP contribution in [-0.2, 0) is 4.79 Å². The van der Waals surface area contributed by atoms with Crippen molar-refractivity contribution < 1.29 is 13.9 Å². The molecule has 1 amide bonds. The van der Waals surface area contributed by atoms with Crippen LogP contribution >= 0.6 is 15.9 Å². The summed E-state index contributed by atoms with van der Waals surface area (Å²) in [6.07, 6.45) is 1.66. The number of hydrogen-bond acceptors (Lipinski definition) is 3.